The topological polar surface area (TPSA) is 65.1 Å². The van der Waals surface area contributed by atoms with E-state index in [-0.39, 0.29) is 11.2 Å². The fourth-order valence-corrected chi connectivity index (χ4v) is 4.07. The number of aromatic nitrogens is 4. The second-order valence-electron chi connectivity index (χ2n) is 7.67. The number of benzene rings is 1. The van der Waals surface area contributed by atoms with E-state index in [1.807, 2.05) is 28.8 Å². The predicted molar refractivity (Wildman–Crippen MR) is 114 cm³/mol. The van der Waals surface area contributed by atoms with Crippen LogP contribution in [0.5, 0.6) is 0 Å². The second kappa shape index (κ2) is 7.24. The summed E-state index contributed by atoms with van der Waals surface area (Å²) in [6, 6.07) is 8.05. The van der Waals surface area contributed by atoms with Gasteiger partial charge in [0.15, 0.2) is 11.2 Å². The monoisotopic (exact) mass is 445 g/mol. The molecule has 0 aliphatic carbocycles. The van der Waals surface area contributed by atoms with Crippen molar-refractivity contribution in [2.24, 2.45) is 20.0 Å². The zero-order chi connectivity index (χ0) is 20.0. The molecule has 0 atom stereocenters. The van der Waals surface area contributed by atoms with E-state index < -0.39 is 0 Å². The van der Waals surface area contributed by atoms with Crippen molar-refractivity contribution in [3.05, 3.63) is 55.1 Å². The Morgan fingerprint density at radius 2 is 1.71 bits per heavy atom. The Bertz CT molecular complexity index is 1130. The van der Waals surface area contributed by atoms with Crippen molar-refractivity contribution in [3.63, 3.8) is 0 Å². The predicted octanol–water partition coefficient (Wildman–Crippen LogP) is 2.48. The fourth-order valence-electron chi connectivity index (χ4n) is 3.81. The average Bonchev–Trinajstić information content (AvgIpc) is 3.06. The normalized spacial score (nSPS) is 15.5. The van der Waals surface area contributed by atoms with E-state index in [0.717, 1.165) is 46.5 Å². The summed E-state index contributed by atoms with van der Waals surface area (Å²) in [5, 5.41) is 0. The van der Waals surface area contributed by atoms with Gasteiger partial charge in [-0.05, 0) is 36.5 Å². The van der Waals surface area contributed by atoms with Crippen LogP contribution >= 0.6 is 15.9 Å². The van der Waals surface area contributed by atoms with Crippen LogP contribution in [0.15, 0.2) is 38.3 Å². The number of aryl methyl sites for hydroxylation is 1. The Morgan fingerprint density at radius 3 is 2.36 bits per heavy atom. The summed E-state index contributed by atoms with van der Waals surface area (Å²) in [5.74, 6) is 1.46. The maximum atomic E-state index is 13.0. The third kappa shape index (κ3) is 3.19. The first-order valence-corrected chi connectivity index (χ1v) is 10.3. The van der Waals surface area contributed by atoms with Crippen LogP contribution in [0.25, 0.3) is 11.2 Å². The maximum absolute atomic E-state index is 13.0. The van der Waals surface area contributed by atoms with Gasteiger partial charge < -0.3 is 4.90 Å². The van der Waals surface area contributed by atoms with Crippen LogP contribution in [0.4, 0.5) is 5.95 Å². The minimum absolute atomic E-state index is 0.306. The van der Waals surface area contributed by atoms with Gasteiger partial charge in [0.25, 0.3) is 5.56 Å². The van der Waals surface area contributed by atoms with Gasteiger partial charge >= 0.3 is 5.69 Å². The highest BCUT2D eigenvalue weighted by Crippen LogP contribution is 2.26. The summed E-state index contributed by atoms with van der Waals surface area (Å²) < 4.78 is 5.60. The quantitative estimate of drug-likeness (QED) is 0.620. The summed E-state index contributed by atoms with van der Waals surface area (Å²) in [6.45, 7) is 4.60. The number of halogens is 1. The number of imidazole rings is 1. The highest BCUT2D eigenvalue weighted by Gasteiger charge is 2.25. The molecule has 28 heavy (non-hydrogen) atoms. The smallest absolute Gasteiger partial charge is 0.332 e. The van der Waals surface area contributed by atoms with Gasteiger partial charge in [-0.25, -0.2) is 4.79 Å². The average molecular weight is 446 g/mol. The van der Waals surface area contributed by atoms with Crippen molar-refractivity contribution in [1.82, 2.24) is 18.7 Å². The lowest BCUT2D eigenvalue weighted by Crippen LogP contribution is -2.38. The number of nitrogens with zero attached hydrogens (tertiary/aromatic N) is 5. The number of hydrogen-bond acceptors (Lipinski definition) is 4. The van der Waals surface area contributed by atoms with E-state index in [9.17, 15) is 9.59 Å². The molecule has 0 spiro atoms. The van der Waals surface area contributed by atoms with E-state index in [2.05, 4.69) is 27.8 Å². The summed E-state index contributed by atoms with van der Waals surface area (Å²) >= 11 is 3.47. The molecular weight excluding hydrogens is 422 g/mol. The first-order valence-electron chi connectivity index (χ1n) is 9.52. The Balaban J connectivity index is 1.92. The fraction of sp³-hybridized carbons (Fsp3) is 0.450. The molecule has 1 fully saturated rings. The molecule has 148 valence electrons. The molecular formula is C20H24BrN5O2. The maximum Gasteiger partial charge on any atom is 0.332 e. The molecule has 0 bridgehead atoms. The van der Waals surface area contributed by atoms with Crippen LogP contribution in [0.3, 0.4) is 0 Å². The largest absolute Gasteiger partial charge is 0.342 e. The first-order chi connectivity index (χ1) is 13.4. The molecule has 0 unspecified atom stereocenters. The van der Waals surface area contributed by atoms with E-state index in [1.165, 1.54) is 11.6 Å². The molecule has 1 aliphatic heterocycles. The SMILES string of the molecule is CC1CCN(c2nc3c(c(=O)n(C)c(=O)n3C)n2Cc2ccc(Br)cc2)CC1. The number of fused-ring (bicyclic) bond motifs is 1. The summed E-state index contributed by atoms with van der Waals surface area (Å²) in [4.78, 5) is 32.4. The van der Waals surface area contributed by atoms with Gasteiger partial charge in [0.05, 0.1) is 6.54 Å². The third-order valence-corrected chi connectivity index (χ3v) is 6.18. The standard InChI is InChI=1S/C20H24BrN5O2/c1-13-8-10-25(11-9-13)19-22-17-16(18(27)24(3)20(28)23(17)2)26(19)12-14-4-6-15(21)7-5-14/h4-7,13H,8-12H2,1-3H3. The molecule has 3 aromatic rings. The van der Waals surface area contributed by atoms with Crippen LogP contribution in [-0.4, -0.2) is 31.8 Å². The summed E-state index contributed by atoms with van der Waals surface area (Å²) in [5.41, 5.74) is 1.33. The lowest BCUT2D eigenvalue weighted by molar-refractivity contribution is 0.432. The Labute approximate surface area is 171 Å². The molecule has 3 heterocycles. The highest BCUT2D eigenvalue weighted by atomic mass is 79.9. The van der Waals surface area contributed by atoms with Gasteiger partial charge in [0.1, 0.15) is 0 Å². The lowest BCUT2D eigenvalue weighted by atomic mass is 10.00. The minimum atomic E-state index is -0.357. The second-order valence-corrected chi connectivity index (χ2v) is 8.59. The van der Waals surface area contributed by atoms with Crippen LogP contribution in [0, 0.1) is 5.92 Å². The van der Waals surface area contributed by atoms with Gasteiger partial charge in [0.2, 0.25) is 5.95 Å². The lowest BCUT2D eigenvalue weighted by Gasteiger charge is -2.31. The summed E-state index contributed by atoms with van der Waals surface area (Å²) in [6.07, 6.45) is 2.19. The highest BCUT2D eigenvalue weighted by molar-refractivity contribution is 9.10. The van der Waals surface area contributed by atoms with Crippen LogP contribution in [0.2, 0.25) is 0 Å². The van der Waals surface area contributed by atoms with Gasteiger partial charge in [0, 0.05) is 31.7 Å². The molecule has 4 rings (SSSR count). The zero-order valence-corrected chi connectivity index (χ0v) is 17.9. The molecule has 0 N–H and O–H groups in total. The zero-order valence-electron chi connectivity index (χ0n) is 16.4. The van der Waals surface area contributed by atoms with Crippen molar-refractivity contribution >= 4 is 33.0 Å². The third-order valence-electron chi connectivity index (χ3n) is 5.65. The molecule has 0 amide bonds. The molecule has 2 aromatic heterocycles. The number of piperidine rings is 1. The number of hydrogen-bond donors (Lipinski definition) is 0. The van der Waals surface area contributed by atoms with Gasteiger partial charge in [-0.2, -0.15) is 4.98 Å². The molecule has 0 saturated carbocycles. The van der Waals surface area contributed by atoms with Crippen LogP contribution in [-0.2, 0) is 20.6 Å². The molecule has 8 heteroatoms. The Morgan fingerprint density at radius 1 is 1.07 bits per heavy atom. The first kappa shape index (κ1) is 19.0. The van der Waals surface area contributed by atoms with Crippen LogP contribution < -0.4 is 16.1 Å². The van der Waals surface area contributed by atoms with Crippen molar-refractivity contribution in [1.29, 1.82) is 0 Å². The molecule has 0 radical (unpaired) electrons. The number of rotatable bonds is 3. The molecule has 1 saturated heterocycles. The number of anilines is 1. The van der Waals surface area contributed by atoms with E-state index in [1.54, 1.807) is 7.05 Å². The van der Waals surface area contributed by atoms with Crippen LogP contribution in [0.1, 0.15) is 25.3 Å². The van der Waals surface area contributed by atoms with Gasteiger partial charge in [-0.3, -0.25) is 18.5 Å². The van der Waals surface area contributed by atoms with Crippen molar-refractivity contribution in [3.8, 4) is 0 Å². The molecule has 1 aromatic carbocycles. The molecule has 1 aliphatic rings. The van der Waals surface area contributed by atoms with E-state index >= 15 is 0 Å². The minimum Gasteiger partial charge on any atom is -0.342 e. The summed E-state index contributed by atoms with van der Waals surface area (Å²) in [7, 11) is 3.19. The van der Waals surface area contributed by atoms with Crippen molar-refractivity contribution in [2.45, 2.75) is 26.3 Å². The van der Waals surface area contributed by atoms with Crippen molar-refractivity contribution in [2.75, 3.05) is 18.0 Å². The molecule has 7 nitrogen and oxygen atoms in total. The van der Waals surface area contributed by atoms with Crippen molar-refractivity contribution < 1.29 is 0 Å². The van der Waals surface area contributed by atoms with Gasteiger partial charge in [-0.1, -0.05) is 35.0 Å². The van der Waals surface area contributed by atoms with E-state index in [4.69, 9.17) is 4.98 Å². The van der Waals surface area contributed by atoms with E-state index in [0.29, 0.717) is 23.6 Å². The van der Waals surface area contributed by atoms with Gasteiger partial charge in [-0.15, -0.1) is 0 Å². The Kier molecular flexibility index (Phi) is 4.91. The Hall–Kier alpha value is -2.35.